The van der Waals surface area contributed by atoms with Crippen molar-refractivity contribution in [2.75, 3.05) is 12.3 Å². The van der Waals surface area contributed by atoms with Crippen LogP contribution < -0.4 is 0 Å². The van der Waals surface area contributed by atoms with Gasteiger partial charge in [0.2, 0.25) is 0 Å². The van der Waals surface area contributed by atoms with E-state index < -0.39 is 18.8 Å². The van der Waals surface area contributed by atoms with Crippen LogP contribution in [0.5, 0.6) is 0 Å². The van der Waals surface area contributed by atoms with Crippen LogP contribution in [0.15, 0.2) is 0 Å². The molecule has 14 heavy (non-hydrogen) atoms. The van der Waals surface area contributed by atoms with Gasteiger partial charge >= 0.3 is 5.97 Å². The molecule has 0 aliphatic carbocycles. The summed E-state index contributed by atoms with van der Waals surface area (Å²) in [6.45, 7) is 5.71. The van der Waals surface area contributed by atoms with E-state index in [4.69, 9.17) is 5.11 Å². The number of carboxylic acids is 1. The van der Waals surface area contributed by atoms with Crippen molar-refractivity contribution in [2.24, 2.45) is 0 Å². The lowest BCUT2D eigenvalue weighted by molar-refractivity contribution is -0.136. The van der Waals surface area contributed by atoms with Crippen molar-refractivity contribution in [2.45, 2.75) is 45.7 Å². The van der Waals surface area contributed by atoms with E-state index in [-0.39, 0.29) is 0 Å². The number of hydrogen-bond acceptors (Lipinski definition) is 2. The van der Waals surface area contributed by atoms with Crippen molar-refractivity contribution < 1.29 is 14.5 Å². The lowest BCUT2D eigenvalue weighted by atomic mass is 10.3. The third-order valence-corrected chi connectivity index (χ3v) is 6.57. The molecule has 0 aromatic rings. The Morgan fingerprint density at radius 3 is 1.86 bits per heavy atom. The van der Waals surface area contributed by atoms with Crippen LogP contribution in [-0.4, -0.2) is 29.1 Å². The first-order valence-electron chi connectivity index (χ1n) is 5.32. The molecule has 0 aromatic carbocycles. The van der Waals surface area contributed by atoms with Gasteiger partial charge in [-0.15, -0.1) is 0 Å². The molecule has 1 atom stereocenters. The summed E-state index contributed by atoms with van der Waals surface area (Å²) in [7, 11) is -2.49. The van der Waals surface area contributed by atoms with Crippen LogP contribution in [0.1, 0.15) is 40.0 Å². The van der Waals surface area contributed by atoms with Crippen LogP contribution in [0.25, 0.3) is 0 Å². The molecule has 0 aliphatic rings. The van der Waals surface area contributed by atoms with Crippen molar-refractivity contribution in [3.63, 3.8) is 0 Å². The van der Waals surface area contributed by atoms with Gasteiger partial charge in [-0.25, -0.2) is 0 Å². The smallest absolute Gasteiger partial charge is 0.313 e. The number of carboxylic acid groups (broad SMARTS) is 1. The Hall–Kier alpha value is -0.300. The number of carbonyl (C=O) groups is 1. The molecule has 0 spiro atoms. The highest BCUT2D eigenvalue weighted by molar-refractivity contribution is 7.65. The molecule has 0 rings (SSSR count). The van der Waals surface area contributed by atoms with Crippen LogP contribution in [0.3, 0.4) is 0 Å². The van der Waals surface area contributed by atoms with Crippen LogP contribution in [0.2, 0.25) is 0 Å². The average molecular weight is 220 g/mol. The van der Waals surface area contributed by atoms with Gasteiger partial charge in [-0.1, -0.05) is 20.8 Å². The lowest BCUT2D eigenvalue weighted by Gasteiger charge is -2.23. The van der Waals surface area contributed by atoms with Gasteiger partial charge < -0.3 is 9.67 Å². The molecule has 0 aliphatic heterocycles. The zero-order valence-corrected chi connectivity index (χ0v) is 10.2. The van der Waals surface area contributed by atoms with E-state index >= 15 is 0 Å². The van der Waals surface area contributed by atoms with Crippen LogP contribution in [-0.2, 0) is 9.36 Å². The van der Waals surface area contributed by atoms with E-state index in [0.717, 1.165) is 12.8 Å². The van der Waals surface area contributed by atoms with Gasteiger partial charge in [0.25, 0.3) is 0 Å². The first-order valence-corrected chi connectivity index (χ1v) is 7.47. The summed E-state index contributed by atoms with van der Waals surface area (Å²) in [6, 6.07) is 0. The van der Waals surface area contributed by atoms with E-state index in [2.05, 4.69) is 0 Å². The van der Waals surface area contributed by atoms with Gasteiger partial charge in [0, 0.05) is 12.3 Å². The molecule has 4 heteroatoms. The predicted octanol–water partition coefficient (Wildman–Crippen LogP) is 3.03. The molecule has 84 valence electrons. The summed E-state index contributed by atoms with van der Waals surface area (Å²) < 4.78 is 12.4. The van der Waals surface area contributed by atoms with E-state index in [1.165, 1.54) is 0 Å². The van der Waals surface area contributed by atoms with E-state index in [9.17, 15) is 9.36 Å². The second kappa shape index (κ2) is 6.23. The topological polar surface area (TPSA) is 54.4 Å². The molecular weight excluding hydrogens is 199 g/mol. The fraction of sp³-hybridized carbons (Fsp3) is 0.900. The van der Waals surface area contributed by atoms with E-state index in [0.29, 0.717) is 18.7 Å². The Morgan fingerprint density at radius 2 is 1.64 bits per heavy atom. The fourth-order valence-electron chi connectivity index (χ4n) is 1.89. The van der Waals surface area contributed by atoms with Crippen molar-refractivity contribution in [3.05, 3.63) is 0 Å². The minimum absolute atomic E-state index is 0.479. The Bertz CT molecular complexity index is 215. The summed E-state index contributed by atoms with van der Waals surface area (Å²) in [5, 5.41) is 8.99. The maximum Gasteiger partial charge on any atom is 0.313 e. The van der Waals surface area contributed by atoms with Crippen molar-refractivity contribution in [3.8, 4) is 0 Å². The highest BCUT2D eigenvalue weighted by atomic mass is 31.2. The van der Waals surface area contributed by atoms with Crippen LogP contribution in [0, 0.1) is 0 Å². The molecule has 0 saturated carbocycles. The van der Waals surface area contributed by atoms with E-state index in [1.807, 2.05) is 13.8 Å². The van der Waals surface area contributed by atoms with Crippen LogP contribution in [0.4, 0.5) is 0 Å². The minimum atomic E-state index is -2.49. The van der Waals surface area contributed by atoms with Gasteiger partial charge in [0.15, 0.2) is 0 Å². The molecule has 1 unspecified atom stereocenters. The summed E-state index contributed by atoms with van der Waals surface area (Å²) >= 11 is 0. The standard InChI is InChI=1S/C10H21O3P/c1-4-7-14(13,8-5-2)9(6-3)10(11)12/h9H,4-8H2,1-3H3,(H,11,12). The number of hydrogen-bond donors (Lipinski definition) is 1. The molecule has 0 heterocycles. The Labute approximate surface area is 86.3 Å². The quantitative estimate of drug-likeness (QED) is 0.671. The first kappa shape index (κ1) is 13.7. The molecule has 0 bridgehead atoms. The molecule has 0 aromatic heterocycles. The number of aliphatic carboxylic acids is 1. The molecular formula is C10H21O3P. The second-order valence-corrected chi connectivity index (χ2v) is 7.08. The normalized spacial score (nSPS) is 13.9. The van der Waals surface area contributed by atoms with Gasteiger partial charge in [0.05, 0.1) is 0 Å². The van der Waals surface area contributed by atoms with Crippen molar-refractivity contribution in [1.82, 2.24) is 0 Å². The monoisotopic (exact) mass is 220 g/mol. The predicted molar refractivity (Wildman–Crippen MR) is 59.6 cm³/mol. The molecule has 0 saturated heterocycles. The molecule has 0 fully saturated rings. The van der Waals surface area contributed by atoms with Gasteiger partial charge in [0.1, 0.15) is 12.8 Å². The minimum Gasteiger partial charge on any atom is -0.481 e. The Balaban J connectivity index is 4.76. The van der Waals surface area contributed by atoms with Gasteiger partial charge in [-0.05, 0) is 19.3 Å². The van der Waals surface area contributed by atoms with Crippen molar-refractivity contribution in [1.29, 1.82) is 0 Å². The lowest BCUT2D eigenvalue weighted by Crippen LogP contribution is -2.22. The summed E-state index contributed by atoms with van der Waals surface area (Å²) in [5.41, 5.74) is -0.623. The maximum atomic E-state index is 12.4. The first-order chi connectivity index (χ1) is 6.51. The van der Waals surface area contributed by atoms with Gasteiger partial charge in [-0.2, -0.15) is 0 Å². The molecule has 1 N–H and O–H groups in total. The third kappa shape index (κ3) is 3.45. The zero-order chi connectivity index (χ0) is 11.2. The number of rotatable bonds is 7. The maximum absolute atomic E-state index is 12.4. The van der Waals surface area contributed by atoms with E-state index in [1.54, 1.807) is 6.92 Å². The Kier molecular flexibility index (Phi) is 6.10. The van der Waals surface area contributed by atoms with Crippen molar-refractivity contribution >= 4 is 13.1 Å². The SMILES string of the molecule is CCCP(=O)(CCC)C(CC)C(=O)O. The van der Waals surface area contributed by atoms with Gasteiger partial charge in [-0.3, -0.25) is 4.79 Å². The molecule has 3 nitrogen and oxygen atoms in total. The molecule has 0 amide bonds. The largest absolute Gasteiger partial charge is 0.481 e. The Morgan fingerprint density at radius 1 is 1.21 bits per heavy atom. The average Bonchev–Trinajstić information content (AvgIpc) is 2.04. The summed E-state index contributed by atoms with van der Waals surface area (Å²) in [6.07, 6.45) is 3.24. The van der Waals surface area contributed by atoms with Crippen LogP contribution >= 0.6 is 7.14 Å². The summed E-state index contributed by atoms with van der Waals surface area (Å²) in [4.78, 5) is 11.0. The summed E-state index contributed by atoms with van der Waals surface area (Å²) in [5.74, 6) is -0.891. The second-order valence-electron chi connectivity index (χ2n) is 3.66. The molecule has 0 radical (unpaired) electrons. The highest BCUT2D eigenvalue weighted by Gasteiger charge is 2.35. The zero-order valence-electron chi connectivity index (χ0n) is 9.32. The highest BCUT2D eigenvalue weighted by Crippen LogP contribution is 2.53. The third-order valence-electron chi connectivity index (χ3n) is 2.44. The fourth-order valence-corrected chi connectivity index (χ4v) is 5.32.